The summed E-state index contributed by atoms with van der Waals surface area (Å²) in [6.07, 6.45) is -4.70. The summed E-state index contributed by atoms with van der Waals surface area (Å²) < 4.78 is 51.8. The van der Waals surface area contributed by atoms with E-state index < -0.39 is 34.7 Å². The molecule has 0 aliphatic rings. The standard InChI is InChI=1S/C14H8F4O2/c15-9-6-4-8(5-7-9)12-10(13(19)20)2-1-3-11(12)14(16,17)18/h1-7H,(H,19,20). The third-order valence-electron chi connectivity index (χ3n) is 2.73. The lowest BCUT2D eigenvalue weighted by molar-refractivity contribution is -0.137. The van der Waals surface area contributed by atoms with Gasteiger partial charge >= 0.3 is 12.1 Å². The van der Waals surface area contributed by atoms with Crippen molar-refractivity contribution in [3.05, 3.63) is 59.4 Å². The molecule has 0 saturated carbocycles. The highest BCUT2D eigenvalue weighted by Crippen LogP contribution is 2.39. The van der Waals surface area contributed by atoms with Crippen molar-refractivity contribution in [2.45, 2.75) is 6.18 Å². The van der Waals surface area contributed by atoms with Crippen LogP contribution in [0, 0.1) is 5.82 Å². The zero-order chi connectivity index (χ0) is 14.9. The molecule has 0 fully saturated rings. The van der Waals surface area contributed by atoms with E-state index in [1.807, 2.05) is 0 Å². The maximum Gasteiger partial charge on any atom is 0.417 e. The Balaban J connectivity index is 2.76. The molecule has 0 radical (unpaired) electrons. The van der Waals surface area contributed by atoms with E-state index in [1.165, 1.54) is 0 Å². The number of benzene rings is 2. The van der Waals surface area contributed by atoms with Gasteiger partial charge in [-0.15, -0.1) is 0 Å². The van der Waals surface area contributed by atoms with Crippen molar-refractivity contribution in [3.63, 3.8) is 0 Å². The normalized spacial score (nSPS) is 11.4. The van der Waals surface area contributed by atoms with Gasteiger partial charge in [0, 0.05) is 5.56 Å². The maximum absolute atomic E-state index is 13.0. The van der Waals surface area contributed by atoms with Gasteiger partial charge < -0.3 is 5.11 Å². The molecular weight excluding hydrogens is 276 g/mol. The van der Waals surface area contributed by atoms with Crippen LogP contribution in [0.5, 0.6) is 0 Å². The van der Waals surface area contributed by atoms with Crippen LogP contribution < -0.4 is 0 Å². The van der Waals surface area contributed by atoms with Crippen molar-refractivity contribution < 1.29 is 27.5 Å². The minimum Gasteiger partial charge on any atom is -0.478 e. The van der Waals surface area contributed by atoms with Crippen LogP contribution >= 0.6 is 0 Å². The molecule has 20 heavy (non-hydrogen) atoms. The number of halogens is 4. The van der Waals surface area contributed by atoms with Crippen LogP contribution in [-0.4, -0.2) is 11.1 Å². The average Bonchev–Trinajstić information content (AvgIpc) is 2.37. The molecule has 6 heteroatoms. The monoisotopic (exact) mass is 284 g/mol. The third-order valence-corrected chi connectivity index (χ3v) is 2.73. The molecule has 0 heterocycles. The lowest BCUT2D eigenvalue weighted by atomic mass is 9.94. The molecule has 2 rings (SSSR count). The highest BCUT2D eigenvalue weighted by atomic mass is 19.4. The van der Waals surface area contributed by atoms with E-state index in [0.29, 0.717) is 0 Å². The Morgan fingerprint density at radius 3 is 2.10 bits per heavy atom. The lowest BCUT2D eigenvalue weighted by Crippen LogP contribution is -2.11. The molecule has 0 aliphatic heterocycles. The fourth-order valence-electron chi connectivity index (χ4n) is 1.89. The summed E-state index contributed by atoms with van der Waals surface area (Å²) in [6, 6.07) is 7.10. The highest BCUT2D eigenvalue weighted by molar-refractivity contribution is 5.97. The Hall–Kier alpha value is -2.37. The van der Waals surface area contributed by atoms with E-state index in [1.54, 1.807) is 0 Å². The van der Waals surface area contributed by atoms with Crippen molar-refractivity contribution in [1.29, 1.82) is 0 Å². The Bertz CT molecular complexity index is 645. The number of carbonyl (C=O) groups is 1. The fraction of sp³-hybridized carbons (Fsp3) is 0.0714. The third kappa shape index (κ3) is 2.64. The van der Waals surface area contributed by atoms with Crippen LogP contribution in [-0.2, 0) is 6.18 Å². The van der Waals surface area contributed by atoms with Crippen molar-refractivity contribution in [2.24, 2.45) is 0 Å². The second-order valence-electron chi connectivity index (χ2n) is 4.04. The number of hydrogen-bond donors (Lipinski definition) is 1. The lowest BCUT2D eigenvalue weighted by Gasteiger charge is -2.15. The topological polar surface area (TPSA) is 37.3 Å². The average molecular weight is 284 g/mol. The van der Waals surface area contributed by atoms with Gasteiger partial charge in [0.25, 0.3) is 0 Å². The summed E-state index contributed by atoms with van der Waals surface area (Å²) in [4.78, 5) is 11.1. The van der Waals surface area contributed by atoms with Crippen molar-refractivity contribution in [1.82, 2.24) is 0 Å². The van der Waals surface area contributed by atoms with Gasteiger partial charge in [0.2, 0.25) is 0 Å². The van der Waals surface area contributed by atoms with E-state index in [0.717, 1.165) is 42.5 Å². The van der Waals surface area contributed by atoms with Crippen molar-refractivity contribution >= 4 is 5.97 Å². The Morgan fingerprint density at radius 2 is 1.60 bits per heavy atom. The van der Waals surface area contributed by atoms with Crippen LogP contribution in [0.2, 0.25) is 0 Å². The zero-order valence-corrected chi connectivity index (χ0v) is 9.91. The van der Waals surface area contributed by atoms with E-state index >= 15 is 0 Å². The van der Waals surface area contributed by atoms with E-state index in [2.05, 4.69) is 0 Å². The predicted molar refractivity (Wildman–Crippen MR) is 63.8 cm³/mol. The van der Waals surface area contributed by atoms with E-state index in [4.69, 9.17) is 5.11 Å². The SMILES string of the molecule is O=C(O)c1cccc(C(F)(F)F)c1-c1ccc(F)cc1. The van der Waals surface area contributed by atoms with Gasteiger partial charge in [-0.1, -0.05) is 18.2 Å². The fourth-order valence-corrected chi connectivity index (χ4v) is 1.89. The summed E-state index contributed by atoms with van der Waals surface area (Å²) in [7, 11) is 0. The quantitative estimate of drug-likeness (QED) is 0.839. The van der Waals surface area contributed by atoms with Gasteiger partial charge in [-0.25, -0.2) is 9.18 Å². The Kier molecular flexibility index (Phi) is 3.48. The maximum atomic E-state index is 13.0. The van der Waals surface area contributed by atoms with Crippen LogP contribution in [0.25, 0.3) is 11.1 Å². The number of aromatic carboxylic acids is 1. The Labute approximate surface area is 111 Å². The van der Waals surface area contributed by atoms with Gasteiger partial charge in [0.15, 0.2) is 0 Å². The van der Waals surface area contributed by atoms with E-state index in [9.17, 15) is 22.4 Å². The van der Waals surface area contributed by atoms with Gasteiger partial charge in [0.05, 0.1) is 11.1 Å². The molecule has 104 valence electrons. The summed E-state index contributed by atoms with van der Waals surface area (Å²) >= 11 is 0. The van der Waals surface area contributed by atoms with Crippen LogP contribution in [0.15, 0.2) is 42.5 Å². The number of rotatable bonds is 2. The van der Waals surface area contributed by atoms with Gasteiger partial charge in [-0.2, -0.15) is 13.2 Å². The molecule has 2 nitrogen and oxygen atoms in total. The summed E-state index contributed by atoms with van der Waals surface area (Å²) in [6.45, 7) is 0. The molecule has 0 amide bonds. The molecule has 0 aliphatic carbocycles. The molecule has 0 aromatic heterocycles. The van der Waals surface area contributed by atoms with Gasteiger partial charge in [-0.05, 0) is 29.8 Å². The molecule has 1 N–H and O–H groups in total. The first-order chi connectivity index (χ1) is 9.30. The van der Waals surface area contributed by atoms with Crippen LogP contribution in [0.3, 0.4) is 0 Å². The molecule has 0 atom stereocenters. The first kappa shape index (κ1) is 14.0. The molecule has 2 aromatic rings. The first-order valence-electron chi connectivity index (χ1n) is 5.50. The molecule has 0 bridgehead atoms. The largest absolute Gasteiger partial charge is 0.478 e. The first-order valence-corrected chi connectivity index (χ1v) is 5.50. The van der Waals surface area contributed by atoms with Crippen molar-refractivity contribution in [3.8, 4) is 11.1 Å². The predicted octanol–water partition coefficient (Wildman–Crippen LogP) is 4.21. The highest BCUT2D eigenvalue weighted by Gasteiger charge is 2.35. The minimum absolute atomic E-state index is 0.00303. The molecule has 0 saturated heterocycles. The molecule has 2 aromatic carbocycles. The zero-order valence-electron chi connectivity index (χ0n) is 9.91. The van der Waals surface area contributed by atoms with Crippen molar-refractivity contribution in [2.75, 3.05) is 0 Å². The number of alkyl halides is 3. The summed E-state index contributed by atoms with van der Waals surface area (Å²) in [5.74, 6) is -2.09. The Morgan fingerprint density at radius 1 is 1.00 bits per heavy atom. The minimum atomic E-state index is -4.70. The number of carboxylic acid groups (broad SMARTS) is 1. The molecule has 0 spiro atoms. The smallest absolute Gasteiger partial charge is 0.417 e. The molecule has 0 unspecified atom stereocenters. The number of hydrogen-bond acceptors (Lipinski definition) is 1. The summed E-state index contributed by atoms with van der Waals surface area (Å²) in [5.41, 5.74) is -2.01. The van der Waals surface area contributed by atoms with Crippen LogP contribution in [0.4, 0.5) is 17.6 Å². The number of carboxylic acids is 1. The second-order valence-corrected chi connectivity index (χ2v) is 4.04. The van der Waals surface area contributed by atoms with Crippen LogP contribution in [0.1, 0.15) is 15.9 Å². The van der Waals surface area contributed by atoms with Gasteiger partial charge in [-0.3, -0.25) is 0 Å². The van der Waals surface area contributed by atoms with Gasteiger partial charge in [0.1, 0.15) is 5.82 Å². The molecular formula is C14H8F4O2. The summed E-state index contributed by atoms with van der Waals surface area (Å²) in [5, 5.41) is 9.03. The second kappa shape index (κ2) is 4.96. The van der Waals surface area contributed by atoms with E-state index in [-0.39, 0.29) is 5.56 Å².